The fraction of sp³-hybridized carbons (Fsp3) is 0.200. The zero-order valence-corrected chi connectivity index (χ0v) is 11.1. The fourth-order valence-electron chi connectivity index (χ4n) is 2.40. The first kappa shape index (κ1) is 12.6. The fourth-order valence-corrected chi connectivity index (χ4v) is 2.40. The molecule has 0 amide bonds. The molecule has 3 rings (SSSR count). The van der Waals surface area contributed by atoms with Gasteiger partial charge in [-0.15, -0.1) is 0 Å². The molecule has 0 radical (unpaired) electrons. The molecule has 0 aliphatic rings. The lowest BCUT2D eigenvalue weighted by atomic mass is 9.92. The van der Waals surface area contributed by atoms with E-state index in [9.17, 15) is 4.79 Å². The van der Waals surface area contributed by atoms with Crippen molar-refractivity contribution in [2.24, 2.45) is 0 Å². The molecule has 5 nitrogen and oxygen atoms in total. The minimum atomic E-state index is -0.427. The Morgan fingerprint density at radius 2 is 2.25 bits per heavy atom. The predicted molar refractivity (Wildman–Crippen MR) is 76.8 cm³/mol. The van der Waals surface area contributed by atoms with E-state index in [4.69, 9.17) is 4.42 Å². The highest BCUT2D eigenvalue weighted by molar-refractivity contribution is 5.73. The van der Waals surface area contributed by atoms with Crippen LogP contribution in [0.15, 0.2) is 51.9 Å². The van der Waals surface area contributed by atoms with Gasteiger partial charge in [0.05, 0.1) is 5.52 Å². The molecule has 0 aliphatic heterocycles. The average Bonchev–Trinajstić information content (AvgIpc) is 2.84. The van der Waals surface area contributed by atoms with E-state index < -0.39 is 5.76 Å². The van der Waals surface area contributed by atoms with Crippen molar-refractivity contribution in [3.05, 3.63) is 64.4 Å². The summed E-state index contributed by atoms with van der Waals surface area (Å²) in [5.74, 6) is -0.250. The van der Waals surface area contributed by atoms with E-state index in [0.29, 0.717) is 5.58 Å². The largest absolute Gasteiger partial charge is 0.417 e. The maximum atomic E-state index is 11.2. The number of oxazole rings is 1. The zero-order chi connectivity index (χ0) is 13.9. The molecule has 5 heteroatoms. The SMILES string of the molecule is CNCC(c1cccnc1)c1ccc2oc(=O)[nH]c2c1. The van der Waals surface area contributed by atoms with E-state index in [1.165, 1.54) is 0 Å². The number of pyridine rings is 1. The van der Waals surface area contributed by atoms with Crippen LogP contribution < -0.4 is 11.1 Å². The van der Waals surface area contributed by atoms with Crippen LogP contribution in [0.1, 0.15) is 17.0 Å². The van der Waals surface area contributed by atoms with E-state index >= 15 is 0 Å². The Labute approximate surface area is 115 Å². The molecule has 2 aromatic heterocycles. The number of H-pyrrole nitrogens is 1. The number of nitrogens with zero attached hydrogens (tertiary/aromatic N) is 1. The van der Waals surface area contributed by atoms with Gasteiger partial charge in [-0.25, -0.2) is 4.79 Å². The third-order valence-corrected chi connectivity index (χ3v) is 3.34. The molecule has 0 saturated heterocycles. The molecule has 2 N–H and O–H groups in total. The molecule has 0 fully saturated rings. The van der Waals surface area contributed by atoms with E-state index in [-0.39, 0.29) is 5.92 Å². The molecule has 20 heavy (non-hydrogen) atoms. The second-order valence-corrected chi connectivity index (χ2v) is 4.67. The van der Waals surface area contributed by atoms with Crippen molar-refractivity contribution in [1.29, 1.82) is 0 Å². The number of aromatic nitrogens is 2. The molecule has 0 saturated carbocycles. The molecule has 1 aromatic carbocycles. The zero-order valence-electron chi connectivity index (χ0n) is 11.1. The second-order valence-electron chi connectivity index (χ2n) is 4.67. The Bertz CT molecular complexity index is 761. The van der Waals surface area contributed by atoms with Gasteiger partial charge in [-0.2, -0.15) is 0 Å². The third-order valence-electron chi connectivity index (χ3n) is 3.34. The van der Waals surface area contributed by atoms with Crippen molar-refractivity contribution in [3.63, 3.8) is 0 Å². The van der Waals surface area contributed by atoms with Crippen LogP contribution in [-0.4, -0.2) is 23.6 Å². The topological polar surface area (TPSA) is 70.9 Å². The first-order valence-electron chi connectivity index (χ1n) is 6.45. The summed E-state index contributed by atoms with van der Waals surface area (Å²) >= 11 is 0. The molecule has 1 atom stereocenters. The van der Waals surface area contributed by atoms with Crippen LogP contribution in [0.25, 0.3) is 11.1 Å². The van der Waals surface area contributed by atoms with Crippen LogP contribution in [0.3, 0.4) is 0 Å². The number of rotatable bonds is 4. The first-order chi connectivity index (χ1) is 9.78. The van der Waals surface area contributed by atoms with Gasteiger partial charge in [-0.3, -0.25) is 9.97 Å². The predicted octanol–water partition coefficient (Wildman–Crippen LogP) is 1.87. The number of benzene rings is 1. The Kier molecular flexibility index (Phi) is 3.35. The summed E-state index contributed by atoms with van der Waals surface area (Å²) in [5, 5.41) is 3.19. The van der Waals surface area contributed by atoms with Crippen LogP contribution in [0.5, 0.6) is 0 Å². The van der Waals surface area contributed by atoms with Gasteiger partial charge < -0.3 is 9.73 Å². The number of fused-ring (bicyclic) bond motifs is 1. The van der Waals surface area contributed by atoms with E-state index in [1.54, 1.807) is 6.20 Å². The lowest BCUT2D eigenvalue weighted by molar-refractivity contribution is 0.555. The maximum Gasteiger partial charge on any atom is 0.417 e. The van der Waals surface area contributed by atoms with E-state index in [0.717, 1.165) is 23.2 Å². The van der Waals surface area contributed by atoms with Gasteiger partial charge in [-0.1, -0.05) is 12.1 Å². The minimum Gasteiger partial charge on any atom is -0.408 e. The van der Waals surface area contributed by atoms with Crippen molar-refractivity contribution in [2.45, 2.75) is 5.92 Å². The van der Waals surface area contributed by atoms with Crippen LogP contribution >= 0.6 is 0 Å². The van der Waals surface area contributed by atoms with Gasteiger partial charge in [0.2, 0.25) is 0 Å². The summed E-state index contributed by atoms with van der Waals surface area (Å²) in [7, 11) is 1.92. The summed E-state index contributed by atoms with van der Waals surface area (Å²) in [5.41, 5.74) is 3.54. The van der Waals surface area contributed by atoms with Crippen LogP contribution in [0.4, 0.5) is 0 Å². The monoisotopic (exact) mass is 269 g/mol. The Morgan fingerprint density at radius 3 is 3.00 bits per heavy atom. The number of hydrogen-bond donors (Lipinski definition) is 2. The summed E-state index contributed by atoms with van der Waals surface area (Å²) in [6, 6.07) is 9.73. The molecule has 2 heterocycles. The van der Waals surface area contributed by atoms with Gasteiger partial charge in [0, 0.05) is 24.9 Å². The summed E-state index contributed by atoms with van der Waals surface area (Å²) in [6.07, 6.45) is 3.63. The molecule has 0 spiro atoms. The standard InChI is InChI=1S/C15H15N3O2/c1-16-9-12(11-3-2-6-17-8-11)10-4-5-14-13(7-10)18-15(19)20-14/h2-8,12,16H,9H2,1H3,(H,18,19). The van der Waals surface area contributed by atoms with Gasteiger partial charge in [0.25, 0.3) is 0 Å². The van der Waals surface area contributed by atoms with Gasteiger partial charge in [0.1, 0.15) is 0 Å². The molecule has 0 aliphatic carbocycles. The average molecular weight is 269 g/mol. The van der Waals surface area contributed by atoms with Crippen LogP contribution in [0, 0.1) is 0 Å². The Balaban J connectivity index is 2.07. The van der Waals surface area contributed by atoms with Gasteiger partial charge >= 0.3 is 5.76 Å². The van der Waals surface area contributed by atoms with Crippen molar-refractivity contribution in [1.82, 2.24) is 15.3 Å². The molecular weight excluding hydrogens is 254 g/mol. The maximum absolute atomic E-state index is 11.2. The van der Waals surface area contributed by atoms with Crippen molar-refractivity contribution in [3.8, 4) is 0 Å². The molecule has 0 bridgehead atoms. The lowest BCUT2D eigenvalue weighted by Crippen LogP contribution is -2.18. The van der Waals surface area contributed by atoms with Crippen LogP contribution in [0.2, 0.25) is 0 Å². The van der Waals surface area contributed by atoms with Crippen molar-refractivity contribution < 1.29 is 4.42 Å². The Morgan fingerprint density at radius 1 is 1.35 bits per heavy atom. The number of nitrogens with one attached hydrogen (secondary N) is 2. The van der Waals surface area contributed by atoms with Crippen LogP contribution in [-0.2, 0) is 0 Å². The molecule has 102 valence electrons. The number of likely N-dealkylation sites (N-methyl/N-ethyl adjacent to an activating group) is 1. The summed E-state index contributed by atoms with van der Waals surface area (Å²) in [4.78, 5) is 18.1. The van der Waals surface area contributed by atoms with Crippen molar-refractivity contribution in [2.75, 3.05) is 13.6 Å². The normalized spacial score (nSPS) is 12.7. The number of aromatic amines is 1. The molecule has 3 aromatic rings. The highest BCUT2D eigenvalue weighted by Crippen LogP contribution is 2.25. The lowest BCUT2D eigenvalue weighted by Gasteiger charge is -2.17. The summed E-state index contributed by atoms with van der Waals surface area (Å²) in [6.45, 7) is 0.791. The quantitative estimate of drug-likeness (QED) is 0.758. The first-order valence-corrected chi connectivity index (χ1v) is 6.45. The smallest absolute Gasteiger partial charge is 0.408 e. The molecular formula is C15H15N3O2. The second kappa shape index (κ2) is 5.30. The third kappa shape index (κ3) is 2.35. The van der Waals surface area contributed by atoms with E-state index in [2.05, 4.69) is 21.4 Å². The van der Waals surface area contributed by atoms with Gasteiger partial charge in [-0.05, 0) is 36.4 Å². The highest BCUT2D eigenvalue weighted by Gasteiger charge is 2.15. The van der Waals surface area contributed by atoms with Crippen molar-refractivity contribution >= 4 is 11.1 Å². The van der Waals surface area contributed by atoms with Gasteiger partial charge in [0.15, 0.2) is 5.58 Å². The molecule has 1 unspecified atom stereocenters. The minimum absolute atomic E-state index is 0.177. The Hall–Kier alpha value is -2.40. The number of hydrogen-bond acceptors (Lipinski definition) is 4. The highest BCUT2D eigenvalue weighted by atomic mass is 16.4. The van der Waals surface area contributed by atoms with E-state index in [1.807, 2.05) is 37.5 Å². The summed E-state index contributed by atoms with van der Waals surface area (Å²) < 4.78 is 5.03.